The number of nitriles is 1. The third-order valence-corrected chi connectivity index (χ3v) is 5.26. The Morgan fingerprint density at radius 1 is 1.17 bits per heavy atom. The molecule has 0 saturated heterocycles. The smallest absolute Gasteiger partial charge is 0.323 e. The lowest BCUT2D eigenvalue weighted by Gasteiger charge is -2.37. The highest BCUT2D eigenvalue weighted by atomic mass is 32.1. The van der Waals surface area contributed by atoms with Crippen LogP contribution in [0, 0.1) is 23.0 Å². The number of halogens is 4. The summed E-state index contributed by atoms with van der Waals surface area (Å²) in [4.78, 5) is 3.72. The standard InChI is InChI=1S/C24H19F4N5O2S/c1-30-14-32-33(15-36)13-23(34,20-8-4-17(25)10-21(20)26)24(27,28)22-9-7-19(12-31-22)35-18-5-2-16(11-29)3-6-18/h2-10,12,14-15,34H,13H2,1H3,(H,30,32). The van der Waals surface area contributed by atoms with Gasteiger partial charge in [-0.15, -0.1) is 0 Å². The SMILES string of the molecule is CN/C=N\N(C=S)CC(O)(c1ccc(F)cc1F)C(F)(F)c1ccc(Oc2ccc(C#N)cc2)cn1. The molecule has 0 saturated carbocycles. The first kappa shape index (κ1) is 26.5. The van der Waals surface area contributed by atoms with Gasteiger partial charge in [-0.05, 0) is 48.5 Å². The minimum absolute atomic E-state index is 0.0925. The maximum atomic E-state index is 15.8. The van der Waals surface area contributed by atoms with Gasteiger partial charge in [-0.1, -0.05) is 12.2 Å². The summed E-state index contributed by atoms with van der Waals surface area (Å²) in [5.74, 6) is -6.18. The number of hydrazone groups is 1. The number of ether oxygens (including phenoxy) is 1. The average molecular weight is 518 g/mol. The predicted molar refractivity (Wildman–Crippen MR) is 128 cm³/mol. The second kappa shape index (κ2) is 11.1. The molecule has 0 fully saturated rings. The van der Waals surface area contributed by atoms with E-state index in [0.29, 0.717) is 17.4 Å². The number of aliphatic hydroxyl groups is 1. The molecule has 2 N–H and O–H groups in total. The average Bonchev–Trinajstić information content (AvgIpc) is 2.87. The van der Waals surface area contributed by atoms with Crippen LogP contribution in [0.5, 0.6) is 11.5 Å². The summed E-state index contributed by atoms with van der Waals surface area (Å²) in [6.07, 6.45) is 2.12. The molecule has 12 heteroatoms. The van der Waals surface area contributed by atoms with Gasteiger partial charge in [-0.2, -0.15) is 19.1 Å². The van der Waals surface area contributed by atoms with E-state index in [-0.39, 0.29) is 5.75 Å². The summed E-state index contributed by atoms with van der Waals surface area (Å²) in [5.41, 5.74) is -3.77. The van der Waals surface area contributed by atoms with Crippen LogP contribution in [0.1, 0.15) is 16.8 Å². The van der Waals surface area contributed by atoms with Gasteiger partial charge >= 0.3 is 5.92 Å². The number of benzene rings is 2. The summed E-state index contributed by atoms with van der Waals surface area (Å²) in [6, 6.07) is 12.0. The zero-order chi connectivity index (χ0) is 26.3. The van der Waals surface area contributed by atoms with Gasteiger partial charge in [0.1, 0.15) is 35.2 Å². The number of hydrogen-bond acceptors (Lipinski definition) is 6. The summed E-state index contributed by atoms with van der Waals surface area (Å²) >= 11 is 4.79. The normalized spacial score (nSPS) is 13.0. The van der Waals surface area contributed by atoms with Gasteiger partial charge in [0.15, 0.2) is 5.60 Å². The van der Waals surface area contributed by atoms with Gasteiger partial charge in [-0.25, -0.2) is 8.78 Å². The Kier molecular flexibility index (Phi) is 8.18. The van der Waals surface area contributed by atoms with Crippen LogP contribution in [0.2, 0.25) is 0 Å². The van der Waals surface area contributed by atoms with Crippen LogP contribution in [-0.2, 0) is 11.5 Å². The molecule has 1 heterocycles. The second-order valence-electron chi connectivity index (χ2n) is 7.41. The zero-order valence-electron chi connectivity index (χ0n) is 18.7. The molecule has 3 rings (SSSR count). The van der Waals surface area contributed by atoms with Crippen molar-refractivity contribution in [3.63, 3.8) is 0 Å². The van der Waals surface area contributed by atoms with E-state index < -0.39 is 41.0 Å². The zero-order valence-corrected chi connectivity index (χ0v) is 19.5. The van der Waals surface area contributed by atoms with E-state index in [1.807, 2.05) is 6.07 Å². The summed E-state index contributed by atoms with van der Waals surface area (Å²) in [7, 11) is 1.50. The lowest BCUT2D eigenvalue weighted by atomic mass is 9.84. The van der Waals surface area contributed by atoms with Crippen molar-refractivity contribution in [3.05, 3.63) is 89.2 Å². The predicted octanol–water partition coefficient (Wildman–Crippen LogP) is 4.43. The van der Waals surface area contributed by atoms with Crippen molar-refractivity contribution >= 4 is 24.0 Å². The van der Waals surface area contributed by atoms with Crippen LogP contribution >= 0.6 is 12.2 Å². The quantitative estimate of drug-likeness (QED) is 0.135. The molecule has 1 unspecified atom stereocenters. The summed E-state index contributed by atoms with van der Waals surface area (Å²) in [6.45, 7) is -0.991. The Morgan fingerprint density at radius 3 is 2.42 bits per heavy atom. The molecular formula is C24H19F4N5O2S. The Balaban J connectivity index is 1.99. The summed E-state index contributed by atoms with van der Waals surface area (Å²) < 4.78 is 65.4. The second-order valence-corrected chi connectivity index (χ2v) is 7.62. The van der Waals surface area contributed by atoms with Crippen molar-refractivity contribution < 1.29 is 27.4 Å². The Hall–Kier alpha value is -4.08. The first-order valence-corrected chi connectivity index (χ1v) is 10.7. The van der Waals surface area contributed by atoms with Crippen molar-refractivity contribution in [1.82, 2.24) is 15.3 Å². The van der Waals surface area contributed by atoms with Gasteiger partial charge in [-0.3, -0.25) is 9.99 Å². The number of aromatic nitrogens is 1. The molecule has 0 spiro atoms. The van der Waals surface area contributed by atoms with Crippen molar-refractivity contribution in [2.75, 3.05) is 13.6 Å². The van der Waals surface area contributed by atoms with E-state index in [4.69, 9.17) is 22.2 Å². The fourth-order valence-corrected chi connectivity index (χ4v) is 3.35. The van der Waals surface area contributed by atoms with E-state index >= 15 is 8.78 Å². The van der Waals surface area contributed by atoms with Crippen LogP contribution < -0.4 is 10.1 Å². The molecule has 0 aliphatic carbocycles. The maximum absolute atomic E-state index is 15.8. The van der Waals surface area contributed by atoms with E-state index in [1.165, 1.54) is 37.4 Å². The number of pyridine rings is 1. The van der Waals surface area contributed by atoms with Crippen molar-refractivity contribution in [1.29, 1.82) is 5.26 Å². The lowest BCUT2D eigenvalue weighted by Crippen LogP contribution is -2.51. The fourth-order valence-electron chi connectivity index (χ4n) is 3.22. The highest BCUT2D eigenvalue weighted by Gasteiger charge is 2.58. The van der Waals surface area contributed by atoms with E-state index in [2.05, 4.69) is 15.4 Å². The van der Waals surface area contributed by atoms with Crippen molar-refractivity contribution in [3.8, 4) is 17.6 Å². The minimum Gasteiger partial charge on any atom is -0.456 e. The van der Waals surface area contributed by atoms with Crippen molar-refractivity contribution in [2.45, 2.75) is 11.5 Å². The molecule has 0 bridgehead atoms. The Morgan fingerprint density at radius 2 is 1.86 bits per heavy atom. The monoisotopic (exact) mass is 517 g/mol. The molecule has 186 valence electrons. The van der Waals surface area contributed by atoms with E-state index in [9.17, 15) is 13.9 Å². The van der Waals surface area contributed by atoms with Gasteiger partial charge in [0.2, 0.25) is 0 Å². The third-order valence-electron chi connectivity index (χ3n) is 5.02. The molecule has 2 aromatic carbocycles. The molecule has 0 amide bonds. The van der Waals surface area contributed by atoms with E-state index in [0.717, 1.165) is 41.2 Å². The van der Waals surface area contributed by atoms with Gasteiger partial charge < -0.3 is 15.2 Å². The molecule has 7 nitrogen and oxygen atoms in total. The molecule has 1 aromatic heterocycles. The van der Waals surface area contributed by atoms with Crippen LogP contribution in [0.25, 0.3) is 0 Å². The number of alkyl halides is 2. The molecule has 1 atom stereocenters. The van der Waals surface area contributed by atoms with Crippen LogP contribution in [-0.4, -0.2) is 40.5 Å². The van der Waals surface area contributed by atoms with Crippen LogP contribution in [0.4, 0.5) is 17.6 Å². The molecule has 0 aliphatic rings. The largest absolute Gasteiger partial charge is 0.456 e. The first-order valence-electron chi connectivity index (χ1n) is 10.3. The van der Waals surface area contributed by atoms with Crippen molar-refractivity contribution in [2.24, 2.45) is 5.10 Å². The third kappa shape index (κ3) is 5.59. The fraction of sp³-hybridized carbons (Fsp3) is 0.167. The molecule has 0 radical (unpaired) electrons. The molecule has 0 aliphatic heterocycles. The Labute approximate surface area is 209 Å². The first-order chi connectivity index (χ1) is 17.1. The van der Waals surface area contributed by atoms with Crippen LogP contribution in [0.15, 0.2) is 65.9 Å². The number of thiocarbonyl (C=S) groups is 1. The summed E-state index contributed by atoms with van der Waals surface area (Å²) in [5, 5.41) is 27.3. The molecule has 3 aromatic rings. The number of nitrogens with one attached hydrogen (secondary N) is 1. The number of rotatable bonds is 10. The highest BCUT2D eigenvalue weighted by Crippen LogP contribution is 2.46. The number of hydrogen-bond donors (Lipinski definition) is 2. The van der Waals surface area contributed by atoms with Crippen LogP contribution in [0.3, 0.4) is 0 Å². The number of nitrogens with zero attached hydrogens (tertiary/aromatic N) is 4. The van der Waals surface area contributed by atoms with Gasteiger partial charge in [0.05, 0.1) is 29.9 Å². The Bertz CT molecular complexity index is 1280. The minimum atomic E-state index is -4.20. The highest BCUT2D eigenvalue weighted by molar-refractivity contribution is 7.78. The van der Waals surface area contributed by atoms with Gasteiger partial charge in [0, 0.05) is 18.7 Å². The van der Waals surface area contributed by atoms with Gasteiger partial charge in [0.25, 0.3) is 0 Å². The maximum Gasteiger partial charge on any atom is 0.323 e. The molecule has 36 heavy (non-hydrogen) atoms. The van der Waals surface area contributed by atoms with E-state index in [1.54, 1.807) is 0 Å². The molecular weight excluding hydrogens is 498 g/mol. The lowest BCUT2D eigenvalue weighted by molar-refractivity contribution is -0.203. The topological polar surface area (TPSA) is 93.8 Å².